The summed E-state index contributed by atoms with van der Waals surface area (Å²) in [7, 11) is 1.58. The van der Waals surface area contributed by atoms with Gasteiger partial charge in [-0.25, -0.2) is 19.4 Å². The third-order valence-corrected chi connectivity index (χ3v) is 7.08. The van der Waals surface area contributed by atoms with Crippen LogP contribution in [0, 0.1) is 5.82 Å². The van der Waals surface area contributed by atoms with Crippen LogP contribution in [0.5, 0.6) is 5.75 Å². The number of halogens is 1. The Morgan fingerprint density at radius 1 is 1.15 bits per heavy atom. The number of aromatic carboxylic acids is 1. The van der Waals surface area contributed by atoms with E-state index in [0.29, 0.717) is 55.4 Å². The van der Waals surface area contributed by atoms with Crippen LogP contribution in [0.25, 0.3) is 10.9 Å². The predicted octanol–water partition coefficient (Wildman–Crippen LogP) is 2.38. The highest BCUT2D eigenvalue weighted by Crippen LogP contribution is 2.38. The van der Waals surface area contributed by atoms with Gasteiger partial charge in [0.1, 0.15) is 17.1 Å². The van der Waals surface area contributed by atoms with Crippen molar-refractivity contribution in [2.45, 2.75) is 18.9 Å². The molecule has 1 saturated heterocycles. The molecule has 12 heteroatoms. The Morgan fingerprint density at radius 3 is 2.44 bits per heavy atom. The molecule has 1 aliphatic carbocycles. The normalized spacial score (nSPS) is 16.4. The number of aromatic nitrogens is 1. The fourth-order valence-electron chi connectivity index (χ4n) is 4.86. The first-order chi connectivity index (χ1) is 18.7. The second-order valence-electron chi connectivity index (χ2n) is 9.66. The number of carboxylic acids is 1. The van der Waals surface area contributed by atoms with Crippen molar-refractivity contribution in [1.29, 1.82) is 0 Å². The third-order valence-electron chi connectivity index (χ3n) is 7.08. The zero-order valence-corrected chi connectivity index (χ0v) is 21.4. The Kier molecular flexibility index (Phi) is 7.20. The average molecular weight is 537 g/mol. The molecule has 5 rings (SSSR count). The molecule has 2 heterocycles. The molecule has 11 nitrogen and oxygen atoms in total. The first-order valence-electron chi connectivity index (χ1n) is 12.6. The van der Waals surface area contributed by atoms with Crippen molar-refractivity contribution >= 4 is 34.3 Å². The molecule has 2 fully saturated rings. The zero-order chi connectivity index (χ0) is 27.7. The highest BCUT2D eigenvalue weighted by Gasteiger charge is 2.28. The second-order valence-corrected chi connectivity index (χ2v) is 9.66. The van der Waals surface area contributed by atoms with Crippen LogP contribution in [0.3, 0.4) is 0 Å². The number of carboxylic acid groups (broad SMARTS) is 1. The molecular weight excluding hydrogens is 507 g/mol. The summed E-state index contributed by atoms with van der Waals surface area (Å²) in [6.07, 6.45) is 3.14. The summed E-state index contributed by atoms with van der Waals surface area (Å²) in [6.45, 7) is 2.65. The number of fused-ring (bicyclic) bond motifs is 1. The van der Waals surface area contributed by atoms with E-state index in [0.717, 1.165) is 24.5 Å². The summed E-state index contributed by atoms with van der Waals surface area (Å²) >= 11 is 0. The van der Waals surface area contributed by atoms with Gasteiger partial charge in [0.25, 0.3) is 0 Å². The summed E-state index contributed by atoms with van der Waals surface area (Å²) < 4.78 is 22.3. The summed E-state index contributed by atoms with van der Waals surface area (Å²) in [5.74, 6) is -1.19. The molecule has 1 aromatic heterocycles. The van der Waals surface area contributed by atoms with E-state index < -0.39 is 23.2 Å². The van der Waals surface area contributed by atoms with Crippen LogP contribution >= 0.6 is 0 Å². The lowest BCUT2D eigenvalue weighted by atomic mass is 10.1. The highest BCUT2D eigenvalue weighted by atomic mass is 19.1. The number of pyridine rings is 1. The molecule has 39 heavy (non-hydrogen) atoms. The molecule has 2 amide bonds. The van der Waals surface area contributed by atoms with Gasteiger partial charge in [-0.05, 0) is 54.8 Å². The van der Waals surface area contributed by atoms with Gasteiger partial charge < -0.3 is 25.0 Å². The number of nitrogens with one attached hydrogen (secondary N) is 1. The van der Waals surface area contributed by atoms with E-state index in [1.165, 1.54) is 6.20 Å². The number of urea groups is 1. The number of hydrogen-bond donors (Lipinski definition) is 3. The fraction of sp³-hybridized carbons (Fsp3) is 0.333. The van der Waals surface area contributed by atoms with Gasteiger partial charge in [0.15, 0.2) is 0 Å². The monoisotopic (exact) mass is 536 g/mol. The number of hydrazone groups is 1. The van der Waals surface area contributed by atoms with E-state index in [4.69, 9.17) is 10.5 Å². The molecule has 0 atom stereocenters. The van der Waals surface area contributed by atoms with Gasteiger partial charge in [0.2, 0.25) is 5.43 Å². The Balaban J connectivity index is 1.36. The van der Waals surface area contributed by atoms with E-state index in [9.17, 15) is 19.5 Å². The number of methoxy groups -OCH3 is 1. The molecule has 2 aromatic carbocycles. The topological polar surface area (TPSA) is 142 Å². The third kappa shape index (κ3) is 5.55. The average Bonchev–Trinajstić information content (AvgIpc) is 3.77. The van der Waals surface area contributed by atoms with Crippen LogP contribution < -0.4 is 26.2 Å². The minimum absolute atomic E-state index is 0.0731. The first-order valence-corrected chi connectivity index (χ1v) is 12.6. The van der Waals surface area contributed by atoms with Gasteiger partial charge in [0, 0.05) is 50.3 Å². The Labute approximate surface area is 223 Å². The van der Waals surface area contributed by atoms with Crippen LogP contribution in [0.2, 0.25) is 0 Å². The molecule has 0 bridgehead atoms. The van der Waals surface area contributed by atoms with E-state index in [1.807, 2.05) is 17.0 Å². The summed E-state index contributed by atoms with van der Waals surface area (Å²) in [4.78, 5) is 39.7. The van der Waals surface area contributed by atoms with Crippen molar-refractivity contribution in [2.24, 2.45) is 10.8 Å². The summed E-state index contributed by atoms with van der Waals surface area (Å²) in [6, 6.07) is 9.45. The van der Waals surface area contributed by atoms with Crippen molar-refractivity contribution in [3.05, 3.63) is 69.8 Å². The molecule has 1 saturated carbocycles. The van der Waals surface area contributed by atoms with Gasteiger partial charge in [-0.2, -0.15) is 5.10 Å². The summed E-state index contributed by atoms with van der Waals surface area (Å²) in [5, 5.41) is 13.7. The Bertz CT molecular complexity index is 1510. The molecule has 0 spiro atoms. The number of anilines is 1. The number of primary amides is 1. The Morgan fingerprint density at radius 2 is 1.85 bits per heavy atom. The smallest absolute Gasteiger partial charge is 0.341 e. The van der Waals surface area contributed by atoms with Crippen molar-refractivity contribution in [3.8, 4) is 5.75 Å². The fourth-order valence-corrected chi connectivity index (χ4v) is 4.86. The number of nitrogens with zero attached hydrogens (tertiary/aromatic N) is 4. The molecule has 204 valence electrons. The van der Waals surface area contributed by atoms with Crippen molar-refractivity contribution in [2.75, 3.05) is 44.7 Å². The number of amides is 2. The molecule has 1 aliphatic heterocycles. The number of ether oxygens (including phenoxy) is 1. The van der Waals surface area contributed by atoms with Gasteiger partial charge >= 0.3 is 12.0 Å². The van der Waals surface area contributed by atoms with Crippen molar-refractivity contribution < 1.29 is 23.8 Å². The molecule has 2 aliphatic rings. The summed E-state index contributed by atoms with van der Waals surface area (Å²) in [5.41, 5.74) is 8.81. The zero-order valence-electron chi connectivity index (χ0n) is 21.4. The largest absolute Gasteiger partial charge is 0.497 e. The van der Waals surface area contributed by atoms with Crippen molar-refractivity contribution in [3.63, 3.8) is 0 Å². The van der Waals surface area contributed by atoms with E-state index in [2.05, 4.69) is 15.4 Å². The molecule has 0 radical (unpaired) electrons. The molecule has 3 aromatic rings. The lowest BCUT2D eigenvalue weighted by Gasteiger charge is -2.36. The molecular formula is C27H29FN6O5. The van der Waals surface area contributed by atoms with Crippen LogP contribution in [0.15, 0.2) is 52.5 Å². The van der Waals surface area contributed by atoms with Crippen LogP contribution in [0.1, 0.15) is 34.8 Å². The minimum atomic E-state index is -1.32. The maximum absolute atomic E-state index is 15.3. The van der Waals surface area contributed by atoms with E-state index in [-0.39, 0.29) is 17.0 Å². The number of carbonyl (C=O) groups is 2. The second kappa shape index (κ2) is 10.7. The van der Waals surface area contributed by atoms with Crippen molar-refractivity contribution in [1.82, 2.24) is 14.9 Å². The van der Waals surface area contributed by atoms with E-state index in [1.54, 1.807) is 29.9 Å². The molecule has 4 N–H and O–H groups in total. The number of piperazine rings is 1. The Hall–Kier alpha value is -4.45. The number of carbonyl (C=O) groups excluding carboxylic acids is 1. The van der Waals surface area contributed by atoms with Gasteiger partial charge in [-0.1, -0.05) is 0 Å². The van der Waals surface area contributed by atoms with Gasteiger partial charge in [0.05, 0.1) is 24.0 Å². The first kappa shape index (κ1) is 26.2. The lowest BCUT2D eigenvalue weighted by Crippen LogP contribution is -2.48. The van der Waals surface area contributed by atoms with Crippen LogP contribution in [-0.2, 0) is 0 Å². The van der Waals surface area contributed by atoms with Crippen LogP contribution in [-0.4, -0.2) is 72.1 Å². The highest BCUT2D eigenvalue weighted by molar-refractivity contribution is 6.02. The van der Waals surface area contributed by atoms with Crippen LogP contribution in [0.4, 0.5) is 14.9 Å². The number of hydrogen-bond acceptors (Lipinski definition) is 7. The predicted molar refractivity (Wildman–Crippen MR) is 144 cm³/mol. The quantitative estimate of drug-likeness (QED) is 0.296. The minimum Gasteiger partial charge on any atom is -0.497 e. The number of nitrogens with two attached hydrogens (primary N) is 1. The van der Waals surface area contributed by atoms with Gasteiger partial charge in [-0.3, -0.25) is 9.69 Å². The number of benzene rings is 2. The maximum Gasteiger partial charge on any atom is 0.341 e. The van der Waals surface area contributed by atoms with Gasteiger partial charge in [-0.15, -0.1) is 0 Å². The standard InChI is InChI=1S/C27H29FN6O5/c1-39-18-6-2-16(3-7-18)22(30-31-27(29)38)15-32-8-10-33(11-9-32)24-13-23-19(12-21(24)28)25(35)20(26(36)37)14-34(23)17-4-5-17/h2-3,6-7,12-14,17H,4-5,8-11,15H2,1H3,(H,36,37)(H3,29,31,38)/b30-22+. The SMILES string of the molecule is COc1ccc(/C(CN2CCN(c3cc4c(cc3F)c(=O)c(C(=O)O)cn4C3CC3)CC2)=N/NC(N)=O)cc1. The maximum atomic E-state index is 15.3. The lowest BCUT2D eigenvalue weighted by molar-refractivity contribution is 0.0694. The molecule has 0 unspecified atom stereocenters. The number of rotatable bonds is 8. The van der Waals surface area contributed by atoms with E-state index >= 15 is 4.39 Å².